The van der Waals surface area contributed by atoms with Gasteiger partial charge in [0, 0.05) is 0 Å². The van der Waals surface area contributed by atoms with Gasteiger partial charge in [0.2, 0.25) is 0 Å². The molecule has 0 aliphatic rings. The number of nitrogens with zero attached hydrogens (tertiary/aromatic N) is 2. The molecule has 1 aromatic carbocycles. The van der Waals surface area contributed by atoms with Crippen molar-refractivity contribution in [3.05, 3.63) is 65.9 Å². The van der Waals surface area contributed by atoms with E-state index in [1.807, 2.05) is 24.3 Å². The average Bonchev–Trinajstić information content (AvgIpc) is 3.41. The summed E-state index contributed by atoms with van der Waals surface area (Å²) in [6, 6.07) is 11.0. The Kier molecular flexibility index (Phi) is 7.57. The molecule has 0 aliphatic carbocycles. The molecular weight excluding hydrogens is 427 g/mol. The van der Waals surface area contributed by atoms with Crippen LogP contribution in [0, 0.1) is 0 Å². The summed E-state index contributed by atoms with van der Waals surface area (Å²) in [6.07, 6.45) is -0.707. The normalized spacial score (nSPS) is 12.5. The quantitative estimate of drug-likeness (QED) is 0.449. The van der Waals surface area contributed by atoms with Crippen molar-refractivity contribution in [2.75, 3.05) is 11.9 Å². The fourth-order valence-corrected chi connectivity index (χ4v) is 2.81. The summed E-state index contributed by atoms with van der Waals surface area (Å²) >= 11 is 0. The van der Waals surface area contributed by atoms with Gasteiger partial charge in [-0.25, -0.2) is 4.68 Å². The summed E-state index contributed by atoms with van der Waals surface area (Å²) in [5.74, 6) is 1.19. The predicted molar refractivity (Wildman–Crippen MR) is 110 cm³/mol. The van der Waals surface area contributed by atoms with Gasteiger partial charge in [-0.3, -0.25) is 4.79 Å². The molecule has 32 heavy (non-hydrogen) atoms. The molecule has 0 aliphatic heterocycles. The maximum Gasteiger partial charge on any atom is 0.411 e. The minimum absolute atomic E-state index is 0.0665. The van der Waals surface area contributed by atoms with E-state index in [-0.39, 0.29) is 12.4 Å². The van der Waals surface area contributed by atoms with Crippen LogP contribution in [0.5, 0.6) is 5.75 Å². The van der Waals surface area contributed by atoms with E-state index in [9.17, 15) is 18.0 Å². The Morgan fingerprint density at radius 3 is 2.66 bits per heavy atom. The van der Waals surface area contributed by atoms with E-state index in [1.54, 1.807) is 6.07 Å². The Labute approximate surface area is 183 Å². The second-order valence-electron chi connectivity index (χ2n) is 7.25. The van der Waals surface area contributed by atoms with Gasteiger partial charge in [-0.05, 0) is 42.2 Å². The molecule has 1 atom stereocenters. The average molecular weight is 451 g/mol. The number of amides is 1. The Hall–Kier alpha value is -3.27. The molecule has 3 aromatic rings. The smallest absolute Gasteiger partial charge is 0.411 e. The zero-order valence-corrected chi connectivity index (χ0v) is 17.7. The van der Waals surface area contributed by atoms with Crippen molar-refractivity contribution in [1.29, 1.82) is 0 Å². The SMILES string of the molecule is CCC(C)c1ccc(OCc2ccc(C(=O)Nc3cnn(COCC(F)(F)F)c3)o2)cc1. The third kappa shape index (κ3) is 6.88. The van der Waals surface area contributed by atoms with Gasteiger partial charge in [0.05, 0.1) is 18.1 Å². The molecule has 0 bridgehead atoms. The van der Waals surface area contributed by atoms with Crippen LogP contribution in [0.1, 0.15) is 48.1 Å². The topological polar surface area (TPSA) is 78.5 Å². The highest BCUT2D eigenvalue weighted by molar-refractivity contribution is 6.02. The van der Waals surface area contributed by atoms with E-state index in [4.69, 9.17) is 9.15 Å². The zero-order chi connectivity index (χ0) is 23.1. The lowest BCUT2D eigenvalue weighted by Crippen LogP contribution is -2.18. The second-order valence-corrected chi connectivity index (χ2v) is 7.25. The van der Waals surface area contributed by atoms with Gasteiger partial charge in [-0.1, -0.05) is 26.0 Å². The number of nitrogens with one attached hydrogen (secondary N) is 1. The van der Waals surface area contributed by atoms with Crippen molar-refractivity contribution in [2.45, 2.75) is 45.7 Å². The number of anilines is 1. The lowest BCUT2D eigenvalue weighted by atomic mass is 9.99. The number of hydrogen-bond donors (Lipinski definition) is 1. The number of aromatic nitrogens is 2. The van der Waals surface area contributed by atoms with E-state index in [2.05, 4.69) is 29.0 Å². The van der Waals surface area contributed by atoms with E-state index in [0.29, 0.717) is 23.1 Å². The summed E-state index contributed by atoms with van der Waals surface area (Å²) in [4.78, 5) is 12.3. The molecule has 10 heteroatoms. The van der Waals surface area contributed by atoms with Gasteiger partial charge in [0.15, 0.2) is 5.76 Å². The van der Waals surface area contributed by atoms with E-state index < -0.39 is 25.4 Å². The molecule has 3 rings (SSSR count). The molecule has 1 unspecified atom stereocenters. The molecule has 2 aromatic heterocycles. The van der Waals surface area contributed by atoms with Gasteiger partial charge >= 0.3 is 6.18 Å². The fourth-order valence-electron chi connectivity index (χ4n) is 2.81. The van der Waals surface area contributed by atoms with E-state index >= 15 is 0 Å². The van der Waals surface area contributed by atoms with Crippen molar-refractivity contribution in [1.82, 2.24) is 9.78 Å². The monoisotopic (exact) mass is 451 g/mol. The Balaban J connectivity index is 1.48. The number of alkyl halides is 3. The van der Waals surface area contributed by atoms with E-state index in [1.165, 1.54) is 24.0 Å². The molecule has 0 saturated carbocycles. The van der Waals surface area contributed by atoms with Crippen LogP contribution in [0.25, 0.3) is 0 Å². The molecule has 2 heterocycles. The molecule has 0 radical (unpaired) electrons. The van der Waals surface area contributed by atoms with Gasteiger partial charge in [0.1, 0.15) is 31.5 Å². The largest absolute Gasteiger partial charge is 0.486 e. The molecular formula is C22H24F3N3O4. The van der Waals surface area contributed by atoms with Gasteiger partial charge in [0.25, 0.3) is 5.91 Å². The Morgan fingerprint density at radius 1 is 1.22 bits per heavy atom. The van der Waals surface area contributed by atoms with Crippen LogP contribution in [-0.4, -0.2) is 28.5 Å². The zero-order valence-electron chi connectivity index (χ0n) is 17.7. The molecule has 1 amide bonds. The Bertz CT molecular complexity index is 1010. The van der Waals surface area contributed by atoms with Crippen LogP contribution in [0.3, 0.4) is 0 Å². The van der Waals surface area contributed by atoms with Crippen LogP contribution in [-0.2, 0) is 18.1 Å². The maximum atomic E-state index is 12.3. The number of rotatable bonds is 10. The number of benzene rings is 1. The van der Waals surface area contributed by atoms with Crippen molar-refractivity contribution in [3.63, 3.8) is 0 Å². The van der Waals surface area contributed by atoms with Crippen molar-refractivity contribution in [3.8, 4) is 5.75 Å². The number of hydrogen-bond acceptors (Lipinski definition) is 5. The first-order valence-corrected chi connectivity index (χ1v) is 10.0. The standard InChI is InChI=1S/C22H24F3N3O4/c1-3-15(2)16-4-6-18(7-5-16)31-12-19-8-9-20(32-19)21(29)27-17-10-26-28(11-17)14-30-13-22(23,24)25/h4-11,15H,3,12-14H2,1-2H3,(H,27,29). The molecule has 0 fully saturated rings. The Morgan fingerprint density at radius 2 is 1.97 bits per heavy atom. The summed E-state index contributed by atoms with van der Waals surface area (Å²) in [7, 11) is 0. The highest BCUT2D eigenvalue weighted by Gasteiger charge is 2.27. The molecule has 172 valence electrons. The molecule has 7 nitrogen and oxygen atoms in total. The summed E-state index contributed by atoms with van der Waals surface area (Å²) in [5, 5.41) is 6.39. The number of carbonyl (C=O) groups is 1. The van der Waals surface area contributed by atoms with E-state index in [0.717, 1.165) is 11.1 Å². The first kappa shape index (κ1) is 23.4. The molecule has 0 spiro atoms. The van der Waals surface area contributed by atoms with Crippen LogP contribution in [0.15, 0.2) is 53.2 Å². The number of halogens is 3. The van der Waals surface area contributed by atoms with Crippen LogP contribution in [0.2, 0.25) is 0 Å². The van der Waals surface area contributed by atoms with Crippen molar-refractivity contribution < 1.29 is 31.9 Å². The first-order valence-electron chi connectivity index (χ1n) is 10.0. The molecule has 0 saturated heterocycles. The van der Waals surface area contributed by atoms with Crippen LogP contribution >= 0.6 is 0 Å². The number of carbonyl (C=O) groups excluding carboxylic acids is 1. The lowest BCUT2D eigenvalue weighted by molar-refractivity contribution is -0.182. The van der Waals surface area contributed by atoms with Crippen molar-refractivity contribution in [2.24, 2.45) is 0 Å². The lowest BCUT2D eigenvalue weighted by Gasteiger charge is -2.10. The first-order chi connectivity index (χ1) is 15.2. The highest BCUT2D eigenvalue weighted by Crippen LogP contribution is 2.22. The fraction of sp³-hybridized carbons (Fsp3) is 0.364. The van der Waals surface area contributed by atoms with Gasteiger partial charge in [-0.15, -0.1) is 0 Å². The third-order valence-electron chi connectivity index (χ3n) is 4.71. The highest BCUT2D eigenvalue weighted by atomic mass is 19.4. The second kappa shape index (κ2) is 10.4. The van der Waals surface area contributed by atoms with Gasteiger partial charge < -0.3 is 19.2 Å². The number of ether oxygens (including phenoxy) is 2. The maximum absolute atomic E-state index is 12.3. The summed E-state index contributed by atoms with van der Waals surface area (Å²) < 4.78 is 53.2. The predicted octanol–water partition coefficient (Wildman–Crippen LogP) is 5.36. The van der Waals surface area contributed by atoms with Gasteiger partial charge in [-0.2, -0.15) is 18.3 Å². The minimum atomic E-state index is -4.41. The van der Waals surface area contributed by atoms with Crippen molar-refractivity contribution >= 4 is 11.6 Å². The number of furan rings is 1. The molecule has 1 N–H and O–H groups in total. The third-order valence-corrected chi connectivity index (χ3v) is 4.71. The van der Waals surface area contributed by atoms with Crippen LogP contribution in [0.4, 0.5) is 18.9 Å². The minimum Gasteiger partial charge on any atom is -0.486 e. The van der Waals surface area contributed by atoms with Crippen LogP contribution < -0.4 is 10.1 Å². The summed E-state index contributed by atoms with van der Waals surface area (Å²) in [5.41, 5.74) is 1.54. The summed E-state index contributed by atoms with van der Waals surface area (Å²) in [6.45, 7) is 2.69.